The van der Waals surface area contributed by atoms with Gasteiger partial charge in [0.25, 0.3) is 0 Å². The van der Waals surface area contributed by atoms with Crippen LogP contribution >= 0.6 is 0 Å². The molecule has 0 aliphatic rings. The minimum Gasteiger partial charge on any atom is -0.385 e. The molecule has 0 unspecified atom stereocenters. The van der Waals surface area contributed by atoms with Crippen molar-refractivity contribution in [1.29, 1.82) is 0 Å². The summed E-state index contributed by atoms with van der Waals surface area (Å²) in [6.07, 6.45) is 0.689. The van der Waals surface area contributed by atoms with Gasteiger partial charge in [-0.25, -0.2) is 0 Å². The number of benzene rings is 1. The molecule has 0 radical (unpaired) electrons. The van der Waals surface area contributed by atoms with Gasteiger partial charge < -0.3 is 10.1 Å². The largest absolute Gasteiger partial charge is 0.385 e. The molecule has 0 saturated heterocycles. The highest BCUT2D eigenvalue weighted by atomic mass is 16.3. The highest BCUT2D eigenvalue weighted by molar-refractivity contribution is 6.09. The maximum Gasteiger partial charge on any atom is 0.193 e. The van der Waals surface area contributed by atoms with Crippen molar-refractivity contribution in [2.24, 2.45) is 0 Å². The Labute approximate surface area is 81.4 Å². The molecule has 1 aromatic carbocycles. The van der Waals surface area contributed by atoms with Crippen molar-refractivity contribution in [3.8, 4) is 0 Å². The summed E-state index contributed by atoms with van der Waals surface area (Å²) in [5.41, 5.74) is 1.46. The van der Waals surface area contributed by atoms with Crippen molar-refractivity contribution < 1.29 is 9.90 Å². The Morgan fingerprint density at radius 3 is 2.86 bits per heavy atom. The Morgan fingerprint density at radius 2 is 2.14 bits per heavy atom. The predicted octanol–water partition coefficient (Wildman–Crippen LogP) is 1.73. The van der Waals surface area contributed by atoms with Crippen LogP contribution in [0.1, 0.15) is 17.3 Å². The SMILES string of the molecule is C[C@H](O)C(=O)c1c[nH]c2ccccc12. The maximum absolute atomic E-state index is 11.5. The fraction of sp³-hybridized carbons (Fsp3) is 0.182. The zero-order chi connectivity index (χ0) is 10.1. The summed E-state index contributed by atoms with van der Waals surface area (Å²) in [4.78, 5) is 14.5. The van der Waals surface area contributed by atoms with Crippen LogP contribution < -0.4 is 0 Å². The van der Waals surface area contributed by atoms with Crippen LogP contribution in [0.3, 0.4) is 0 Å². The standard InChI is InChI=1S/C11H11NO2/c1-7(13)11(14)9-6-12-10-5-3-2-4-8(9)10/h2-7,12-13H,1H3/t7-/m0/s1. The molecule has 0 aliphatic carbocycles. The maximum atomic E-state index is 11.5. The van der Waals surface area contributed by atoms with Crippen LogP contribution in [0.4, 0.5) is 0 Å². The third kappa shape index (κ3) is 1.32. The number of H-pyrrole nitrogens is 1. The first-order valence-corrected chi connectivity index (χ1v) is 4.48. The van der Waals surface area contributed by atoms with Crippen molar-refractivity contribution in [3.05, 3.63) is 36.0 Å². The first-order chi connectivity index (χ1) is 6.70. The molecule has 14 heavy (non-hydrogen) atoms. The molecule has 2 N–H and O–H groups in total. The van der Waals surface area contributed by atoms with Gasteiger partial charge in [-0.15, -0.1) is 0 Å². The van der Waals surface area contributed by atoms with Gasteiger partial charge in [0.05, 0.1) is 0 Å². The molecule has 2 aromatic rings. The number of para-hydroxylation sites is 1. The molecule has 0 spiro atoms. The van der Waals surface area contributed by atoms with E-state index in [0.717, 1.165) is 10.9 Å². The van der Waals surface area contributed by atoms with E-state index >= 15 is 0 Å². The van der Waals surface area contributed by atoms with Crippen molar-refractivity contribution in [1.82, 2.24) is 4.98 Å². The van der Waals surface area contributed by atoms with Gasteiger partial charge in [-0.05, 0) is 13.0 Å². The molecule has 0 bridgehead atoms. The highest BCUT2D eigenvalue weighted by Gasteiger charge is 2.15. The zero-order valence-electron chi connectivity index (χ0n) is 7.82. The Hall–Kier alpha value is -1.61. The Kier molecular flexibility index (Phi) is 2.09. The summed E-state index contributed by atoms with van der Waals surface area (Å²) < 4.78 is 0. The third-order valence-corrected chi connectivity index (χ3v) is 2.23. The lowest BCUT2D eigenvalue weighted by molar-refractivity contribution is 0.0781. The van der Waals surface area contributed by atoms with Gasteiger partial charge in [0, 0.05) is 22.7 Å². The summed E-state index contributed by atoms with van der Waals surface area (Å²) in [6.45, 7) is 1.48. The molecule has 3 heteroatoms. The molecular formula is C11H11NO2. The molecule has 1 aromatic heterocycles. The number of rotatable bonds is 2. The van der Waals surface area contributed by atoms with Gasteiger partial charge in [0.2, 0.25) is 0 Å². The van der Waals surface area contributed by atoms with Crippen LogP contribution in [-0.2, 0) is 0 Å². The van der Waals surface area contributed by atoms with Crippen LogP contribution in [-0.4, -0.2) is 22.0 Å². The highest BCUT2D eigenvalue weighted by Crippen LogP contribution is 2.18. The second kappa shape index (κ2) is 3.27. The molecule has 0 amide bonds. The Balaban J connectivity index is 2.58. The molecule has 72 valence electrons. The molecule has 1 atom stereocenters. The second-order valence-electron chi connectivity index (χ2n) is 3.29. The number of aromatic nitrogens is 1. The van der Waals surface area contributed by atoms with Crippen molar-refractivity contribution in [3.63, 3.8) is 0 Å². The first-order valence-electron chi connectivity index (χ1n) is 4.48. The van der Waals surface area contributed by atoms with Gasteiger partial charge in [0.1, 0.15) is 6.10 Å². The van der Waals surface area contributed by atoms with E-state index < -0.39 is 6.10 Å². The van der Waals surface area contributed by atoms with Crippen LogP contribution in [0.2, 0.25) is 0 Å². The average Bonchev–Trinajstić information content (AvgIpc) is 2.60. The number of ketones is 1. The molecule has 0 aliphatic heterocycles. The molecule has 0 saturated carbocycles. The Morgan fingerprint density at radius 1 is 1.43 bits per heavy atom. The zero-order valence-corrected chi connectivity index (χ0v) is 7.82. The minimum atomic E-state index is -0.950. The number of carbonyl (C=O) groups is 1. The van der Waals surface area contributed by atoms with Crippen LogP contribution in [0.25, 0.3) is 10.9 Å². The van der Waals surface area contributed by atoms with E-state index in [2.05, 4.69) is 4.98 Å². The van der Waals surface area contributed by atoms with Gasteiger partial charge >= 0.3 is 0 Å². The van der Waals surface area contributed by atoms with Crippen molar-refractivity contribution in [2.45, 2.75) is 13.0 Å². The average molecular weight is 189 g/mol. The molecule has 1 heterocycles. The smallest absolute Gasteiger partial charge is 0.193 e. The van der Waals surface area contributed by atoms with E-state index in [0.29, 0.717) is 5.56 Å². The van der Waals surface area contributed by atoms with Gasteiger partial charge in [0.15, 0.2) is 5.78 Å². The van der Waals surface area contributed by atoms with E-state index in [1.54, 1.807) is 6.20 Å². The van der Waals surface area contributed by atoms with Crippen molar-refractivity contribution in [2.75, 3.05) is 0 Å². The normalized spacial score (nSPS) is 13.0. The number of aromatic amines is 1. The van der Waals surface area contributed by atoms with Gasteiger partial charge in [-0.1, -0.05) is 18.2 Å². The summed E-state index contributed by atoms with van der Waals surface area (Å²) in [5.74, 6) is -0.248. The lowest BCUT2D eigenvalue weighted by Gasteiger charge is -2.00. The molecule has 2 rings (SSSR count). The lowest BCUT2D eigenvalue weighted by atomic mass is 10.1. The third-order valence-electron chi connectivity index (χ3n) is 2.23. The monoisotopic (exact) mass is 189 g/mol. The quantitative estimate of drug-likeness (QED) is 0.707. The Bertz CT molecular complexity index is 471. The topological polar surface area (TPSA) is 53.1 Å². The lowest BCUT2D eigenvalue weighted by Crippen LogP contribution is -2.15. The van der Waals surface area contributed by atoms with Gasteiger partial charge in [-0.2, -0.15) is 0 Å². The second-order valence-corrected chi connectivity index (χ2v) is 3.29. The fourth-order valence-electron chi connectivity index (χ4n) is 1.50. The molecular weight excluding hydrogens is 178 g/mol. The predicted molar refractivity (Wildman–Crippen MR) is 54.3 cm³/mol. The number of aliphatic hydroxyl groups excluding tert-OH is 1. The summed E-state index contributed by atoms with van der Waals surface area (Å²) in [5, 5.41) is 10.0. The fourth-order valence-corrected chi connectivity index (χ4v) is 1.50. The number of Topliss-reactive ketones (excluding diaryl/α,β-unsaturated/α-hetero) is 1. The number of aliphatic hydroxyl groups is 1. The van der Waals surface area contributed by atoms with Crippen LogP contribution in [0.5, 0.6) is 0 Å². The number of hydrogen-bond acceptors (Lipinski definition) is 2. The van der Waals surface area contributed by atoms with E-state index in [-0.39, 0.29) is 5.78 Å². The summed E-state index contributed by atoms with van der Waals surface area (Å²) in [7, 11) is 0. The molecule has 3 nitrogen and oxygen atoms in total. The number of carbonyl (C=O) groups excluding carboxylic acids is 1. The first kappa shape index (κ1) is 8.97. The number of hydrogen-bond donors (Lipinski definition) is 2. The van der Waals surface area contributed by atoms with Crippen molar-refractivity contribution >= 4 is 16.7 Å². The minimum absolute atomic E-state index is 0.248. The molecule has 0 fully saturated rings. The van der Waals surface area contributed by atoms with Crippen LogP contribution in [0.15, 0.2) is 30.5 Å². The van der Waals surface area contributed by atoms with E-state index in [1.165, 1.54) is 6.92 Å². The number of fused-ring (bicyclic) bond motifs is 1. The number of nitrogens with one attached hydrogen (secondary N) is 1. The van der Waals surface area contributed by atoms with E-state index in [4.69, 9.17) is 0 Å². The van der Waals surface area contributed by atoms with Crippen LogP contribution in [0, 0.1) is 0 Å². The van der Waals surface area contributed by atoms with Gasteiger partial charge in [-0.3, -0.25) is 4.79 Å². The summed E-state index contributed by atoms with van der Waals surface area (Å²) in [6, 6.07) is 7.53. The summed E-state index contributed by atoms with van der Waals surface area (Å²) >= 11 is 0. The van der Waals surface area contributed by atoms with E-state index in [9.17, 15) is 9.90 Å². The van der Waals surface area contributed by atoms with E-state index in [1.807, 2.05) is 24.3 Å².